The van der Waals surface area contributed by atoms with E-state index in [0.29, 0.717) is 31.7 Å². The number of benzene rings is 1. The largest absolute Gasteiger partial charge is 0.450 e. The Kier molecular flexibility index (Phi) is 7.46. The van der Waals surface area contributed by atoms with E-state index >= 15 is 0 Å². The molecule has 28 heavy (non-hydrogen) atoms. The summed E-state index contributed by atoms with van der Waals surface area (Å²) in [6.45, 7) is 4.47. The van der Waals surface area contributed by atoms with Gasteiger partial charge in [-0.05, 0) is 44.2 Å². The number of hydrogen-bond donors (Lipinski definition) is 2. The predicted molar refractivity (Wildman–Crippen MR) is 111 cm³/mol. The number of nitrogens with zero attached hydrogens (tertiary/aromatic N) is 3. The first kappa shape index (κ1) is 19.9. The molecule has 3 rings (SSSR count). The van der Waals surface area contributed by atoms with Crippen LogP contribution in [-0.4, -0.2) is 53.2 Å². The molecule has 1 amide bonds. The molecule has 1 aliphatic rings. The van der Waals surface area contributed by atoms with Gasteiger partial charge in [0.1, 0.15) is 5.82 Å². The van der Waals surface area contributed by atoms with Gasteiger partial charge >= 0.3 is 6.09 Å². The number of carbonyl (C=O) groups is 1. The zero-order valence-electron chi connectivity index (χ0n) is 16.4. The molecular weight excluding hydrogens is 354 g/mol. The van der Waals surface area contributed by atoms with E-state index in [9.17, 15) is 4.79 Å². The molecule has 2 aromatic rings. The smallest absolute Gasteiger partial charge is 0.409 e. The molecule has 0 spiro atoms. The number of piperidine rings is 1. The maximum Gasteiger partial charge on any atom is 0.409 e. The summed E-state index contributed by atoms with van der Waals surface area (Å²) in [6, 6.07) is 12.6. The molecule has 1 saturated heterocycles. The van der Waals surface area contributed by atoms with Gasteiger partial charge < -0.3 is 20.3 Å². The van der Waals surface area contributed by atoms with Crippen molar-refractivity contribution in [1.82, 2.24) is 14.9 Å². The van der Waals surface area contributed by atoms with E-state index in [1.165, 1.54) is 5.56 Å². The third-order valence-electron chi connectivity index (χ3n) is 4.80. The number of anilines is 2. The zero-order chi connectivity index (χ0) is 19.6. The van der Waals surface area contributed by atoms with Crippen LogP contribution in [-0.2, 0) is 11.2 Å². The average Bonchev–Trinajstić information content (AvgIpc) is 2.73. The molecule has 0 aliphatic carbocycles. The van der Waals surface area contributed by atoms with Crippen LogP contribution in [0.5, 0.6) is 0 Å². The van der Waals surface area contributed by atoms with Crippen LogP contribution < -0.4 is 10.6 Å². The van der Waals surface area contributed by atoms with Gasteiger partial charge in [-0.3, -0.25) is 0 Å². The van der Waals surface area contributed by atoms with Crippen molar-refractivity contribution < 1.29 is 9.53 Å². The van der Waals surface area contributed by atoms with Crippen LogP contribution in [0.4, 0.5) is 16.6 Å². The van der Waals surface area contributed by atoms with Gasteiger partial charge in [0.15, 0.2) is 0 Å². The molecule has 0 bridgehead atoms. The van der Waals surface area contributed by atoms with Gasteiger partial charge in [0.25, 0.3) is 0 Å². The number of rotatable bonds is 8. The number of ether oxygens (including phenoxy) is 1. The molecule has 1 fully saturated rings. The Labute approximate surface area is 166 Å². The predicted octanol–water partition coefficient (Wildman–Crippen LogP) is 3.55. The Morgan fingerprint density at radius 3 is 2.75 bits per heavy atom. The number of amides is 1. The molecule has 150 valence electrons. The standard InChI is InChI=1S/C21H29N5O2/c1-2-28-21(27)26-15-11-18(12-16-26)24-19-10-14-23-20(25-19)22-13-6-9-17-7-4-3-5-8-17/h3-5,7-8,10,14,18H,2,6,9,11-13,15-16H2,1H3,(H2,22,23,24,25). The minimum atomic E-state index is -0.218. The molecule has 0 saturated carbocycles. The number of nitrogens with one attached hydrogen (secondary N) is 2. The minimum Gasteiger partial charge on any atom is -0.450 e. The monoisotopic (exact) mass is 383 g/mol. The van der Waals surface area contributed by atoms with Gasteiger partial charge in [0, 0.05) is 31.9 Å². The van der Waals surface area contributed by atoms with Gasteiger partial charge in [-0.25, -0.2) is 9.78 Å². The summed E-state index contributed by atoms with van der Waals surface area (Å²) < 4.78 is 5.06. The third-order valence-corrected chi connectivity index (χ3v) is 4.80. The summed E-state index contributed by atoms with van der Waals surface area (Å²) in [6.07, 6.45) is 5.36. The summed E-state index contributed by atoms with van der Waals surface area (Å²) in [5.41, 5.74) is 1.34. The van der Waals surface area contributed by atoms with Crippen LogP contribution in [0.1, 0.15) is 31.7 Å². The van der Waals surface area contributed by atoms with Crippen LogP contribution in [0.15, 0.2) is 42.6 Å². The molecule has 1 aliphatic heterocycles. The van der Waals surface area contributed by atoms with E-state index in [1.807, 2.05) is 19.1 Å². The fourth-order valence-corrected chi connectivity index (χ4v) is 3.29. The Balaban J connectivity index is 1.40. The first-order chi connectivity index (χ1) is 13.7. The maximum atomic E-state index is 11.8. The van der Waals surface area contributed by atoms with Crippen LogP contribution in [0.3, 0.4) is 0 Å². The number of aryl methyl sites for hydroxylation is 1. The van der Waals surface area contributed by atoms with E-state index < -0.39 is 0 Å². The Hall–Kier alpha value is -2.83. The third kappa shape index (κ3) is 6.11. The SMILES string of the molecule is CCOC(=O)N1CCC(Nc2ccnc(NCCCc3ccccc3)n2)CC1. The molecule has 7 nitrogen and oxygen atoms in total. The average molecular weight is 383 g/mol. The Morgan fingerprint density at radius 2 is 2.00 bits per heavy atom. The second-order valence-electron chi connectivity index (χ2n) is 6.89. The van der Waals surface area contributed by atoms with Gasteiger partial charge in [0.05, 0.1) is 6.61 Å². The summed E-state index contributed by atoms with van der Waals surface area (Å²) >= 11 is 0. The number of likely N-dealkylation sites (tertiary alicyclic amines) is 1. The van der Waals surface area contributed by atoms with Crippen LogP contribution >= 0.6 is 0 Å². The van der Waals surface area contributed by atoms with Crippen LogP contribution in [0.25, 0.3) is 0 Å². The van der Waals surface area contributed by atoms with Crippen LogP contribution in [0.2, 0.25) is 0 Å². The van der Waals surface area contributed by atoms with E-state index in [2.05, 4.69) is 44.9 Å². The number of aromatic nitrogens is 2. The number of hydrogen-bond acceptors (Lipinski definition) is 6. The highest BCUT2D eigenvalue weighted by Crippen LogP contribution is 2.16. The maximum absolute atomic E-state index is 11.8. The topological polar surface area (TPSA) is 79.4 Å². The Bertz CT molecular complexity index is 733. The molecule has 0 radical (unpaired) electrons. The lowest BCUT2D eigenvalue weighted by molar-refractivity contribution is 0.0983. The highest BCUT2D eigenvalue weighted by atomic mass is 16.6. The van der Waals surface area contributed by atoms with Crippen molar-refractivity contribution in [2.24, 2.45) is 0 Å². The molecular formula is C21H29N5O2. The van der Waals surface area contributed by atoms with Crippen molar-refractivity contribution in [2.45, 2.75) is 38.6 Å². The molecule has 2 N–H and O–H groups in total. The normalized spacial score (nSPS) is 14.5. The summed E-state index contributed by atoms with van der Waals surface area (Å²) in [4.78, 5) is 22.4. The molecule has 1 aromatic heterocycles. The van der Waals surface area contributed by atoms with Gasteiger partial charge in [-0.1, -0.05) is 30.3 Å². The first-order valence-electron chi connectivity index (χ1n) is 10.0. The lowest BCUT2D eigenvalue weighted by Crippen LogP contribution is -2.42. The second-order valence-corrected chi connectivity index (χ2v) is 6.89. The van der Waals surface area contributed by atoms with Crippen molar-refractivity contribution in [2.75, 3.05) is 36.9 Å². The minimum absolute atomic E-state index is 0.218. The lowest BCUT2D eigenvalue weighted by atomic mass is 10.1. The molecule has 2 heterocycles. The number of carbonyl (C=O) groups excluding carboxylic acids is 1. The second kappa shape index (κ2) is 10.5. The zero-order valence-corrected chi connectivity index (χ0v) is 16.4. The fraction of sp³-hybridized carbons (Fsp3) is 0.476. The van der Waals surface area contributed by atoms with Gasteiger partial charge in [0.2, 0.25) is 5.95 Å². The molecule has 7 heteroatoms. The van der Waals surface area contributed by atoms with E-state index in [1.54, 1.807) is 11.1 Å². The molecule has 0 atom stereocenters. The van der Waals surface area contributed by atoms with Gasteiger partial charge in [-0.2, -0.15) is 4.98 Å². The van der Waals surface area contributed by atoms with Crippen molar-refractivity contribution in [3.63, 3.8) is 0 Å². The first-order valence-corrected chi connectivity index (χ1v) is 10.0. The van der Waals surface area contributed by atoms with E-state index in [-0.39, 0.29) is 6.09 Å². The van der Waals surface area contributed by atoms with Crippen molar-refractivity contribution in [1.29, 1.82) is 0 Å². The fourth-order valence-electron chi connectivity index (χ4n) is 3.29. The highest BCUT2D eigenvalue weighted by Gasteiger charge is 2.23. The van der Waals surface area contributed by atoms with Crippen molar-refractivity contribution in [3.05, 3.63) is 48.2 Å². The van der Waals surface area contributed by atoms with Crippen molar-refractivity contribution >= 4 is 17.9 Å². The Morgan fingerprint density at radius 1 is 1.21 bits per heavy atom. The molecule has 0 unspecified atom stereocenters. The quantitative estimate of drug-likeness (QED) is 0.679. The van der Waals surface area contributed by atoms with E-state index in [4.69, 9.17) is 4.74 Å². The highest BCUT2D eigenvalue weighted by molar-refractivity contribution is 5.67. The van der Waals surface area contributed by atoms with Crippen molar-refractivity contribution in [3.8, 4) is 0 Å². The summed E-state index contributed by atoms with van der Waals surface area (Å²) in [5, 5.41) is 6.76. The summed E-state index contributed by atoms with van der Waals surface area (Å²) in [5.74, 6) is 1.46. The molecule has 1 aromatic carbocycles. The lowest BCUT2D eigenvalue weighted by Gasteiger charge is -2.31. The summed E-state index contributed by atoms with van der Waals surface area (Å²) in [7, 11) is 0. The van der Waals surface area contributed by atoms with Crippen LogP contribution in [0, 0.1) is 0 Å². The van der Waals surface area contributed by atoms with E-state index in [0.717, 1.165) is 38.0 Å². The van der Waals surface area contributed by atoms with Gasteiger partial charge in [-0.15, -0.1) is 0 Å².